The minimum Gasteiger partial charge on any atom is -0.281 e. The van der Waals surface area contributed by atoms with Crippen LogP contribution in [0.25, 0.3) is 10.2 Å². The van der Waals surface area contributed by atoms with Gasteiger partial charge in [-0.25, -0.2) is 13.4 Å². The highest BCUT2D eigenvalue weighted by Crippen LogP contribution is 2.33. The third kappa shape index (κ3) is 4.67. The van der Waals surface area contributed by atoms with E-state index in [0.29, 0.717) is 15.8 Å². The molecule has 0 spiro atoms. The van der Waals surface area contributed by atoms with Crippen LogP contribution in [0.1, 0.15) is 16.8 Å². The number of sulfone groups is 1. The lowest BCUT2D eigenvalue weighted by atomic mass is 10.1. The molecule has 2 aromatic heterocycles. The fourth-order valence-electron chi connectivity index (χ4n) is 3.21. The normalized spacial score (nSPS) is 11.6. The number of hydrogen-bond donors (Lipinski definition) is 0. The maximum atomic E-state index is 13.3. The molecule has 32 heavy (non-hydrogen) atoms. The third-order valence-corrected chi connectivity index (χ3v) is 8.05. The molecule has 0 aliphatic carbocycles. The number of hydrogen-bond acceptors (Lipinski definition) is 6. The van der Waals surface area contributed by atoms with E-state index in [1.54, 1.807) is 18.3 Å². The molecule has 1 amide bonds. The number of halogens is 1. The zero-order chi connectivity index (χ0) is 22.9. The van der Waals surface area contributed by atoms with Crippen LogP contribution in [0, 0.1) is 13.8 Å². The lowest BCUT2D eigenvalue weighted by Crippen LogP contribution is -2.35. The minimum absolute atomic E-state index is 0.0452. The van der Waals surface area contributed by atoms with Gasteiger partial charge in [0.25, 0.3) is 0 Å². The van der Waals surface area contributed by atoms with Crippen molar-refractivity contribution in [2.75, 3.05) is 10.7 Å². The van der Waals surface area contributed by atoms with Gasteiger partial charge < -0.3 is 0 Å². The Morgan fingerprint density at radius 1 is 1.06 bits per heavy atom. The Morgan fingerprint density at radius 3 is 2.50 bits per heavy atom. The highest BCUT2D eigenvalue weighted by atomic mass is 35.5. The molecule has 2 heterocycles. The molecule has 0 unspecified atom stereocenters. The molecule has 164 valence electrons. The number of rotatable bonds is 6. The van der Waals surface area contributed by atoms with Crippen molar-refractivity contribution in [2.24, 2.45) is 0 Å². The van der Waals surface area contributed by atoms with Gasteiger partial charge in [0.15, 0.2) is 15.0 Å². The Kier molecular flexibility index (Phi) is 6.28. The molecule has 0 radical (unpaired) electrons. The first-order valence-electron chi connectivity index (χ1n) is 9.80. The second kappa shape index (κ2) is 8.97. The van der Waals surface area contributed by atoms with Gasteiger partial charge in [-0.1, -0.05) is 35.1 Å². The monoisotopic (exact) mass is 485 g/mol. The van der Waals surface area contributed by atoms with Crippen LogP contribution in [0.15, 0.2) is 65.7 Å². The number of aromatic nitrogens is 2. The summed E-state index contributed by atoms with van der Waals surface area (Å²) in [5, 5.41) is 0.864. The molecule has 4 aromatic rings. The number of pyridine rings is 1. The maximum absolute atomic E-state index is 13.3. The van der Waals surface area contributed by atoms with E-state index in [-0.39, 0.29) is 11.4 Å². The van der Waals surface area contributed by atoms with Crippen molar-refractivity contribution in [3.8, 4) is 0 Å². The van der Waals surface area contributed by atoms with Crippen LogP contribution in [-0.4, -0.2) is 30.0 Å². The topological polar surface area (TPSA) is 80.2 Å². The van der Waals surface area contributed by atoms with Crippen LogP contribution in [0.5, 0.6) is 0 Å². The zero-order valence-corrected chi connectivity index (χ0v) is 19.8. The number of carbonyl (C=O) groups is 1. The molecule has 0 atom stereocenters. The molecule has 0 saturated heterocycles. The van der Waals surface area contributed by atoms with Gasteiger partial charge in [0.2, 0.25) is 5.91 Å². The van der Waals surface area contributed by atoms with Crippen molar-refractivity contribution in [1.82, 2.24) is 9.97 Å². The zero-order valence-electron chi connectivity index (χ0n) is 17.4. The fraction of sp³-hybridized carbons (Fsp3) is 0.174. The predicted octanol–water partition coefficient (Wildman–Crippen LogP) is 4.97. The van der Waals surface area contributed by atoms with Gasteiger partial charge in [0.1, 0.15) is 5.75 Å². The van der Waals surface area contributed by atoms with Gasteiger partial charge in [0.05, 0.1) is 27.4 Å². The number of carbonyl (C=O) groups excluding carboxylic acids is 1. The van der Waals surface area contributed by atoms with Crippen LogP contribution in [0.3, 0.4) is 0 Å². The first-order chi connectivity index (χ1) is 15.2. The van der Waals surface area contributed by atoms with Gasteiger partial charge in [-0.3, -0.25) is 14.7 Å². The Bertz CT molecular complexity index is 1390. The van der Waals surface area contributed by atoms with E-state index in [1.807, 2.05) is 32.0 Å². The van der Waals surface area contributed by atoms with Gasteiger partial charge in [-0.15, -0.1) is 0 Å². The maximum Gasteiger partial charge on any atom is 0.244 e. The van der Waals surface area contributed by atoms with E-state index in [0.717, 1.165) is 21.3 Å². The van der Waals surface area contributed by atoms with Gasteiger partial charge in [0, 0.05) is 11.2 Å². The van der Waals surface area contributed by atoms with Crippen molar-refractivity contribution in [1.29, 1.82) is 0 Å². The molecule has 0 bridgehead atoms. The van der Waals surface area contributed by atoms with Crippen LogP contribution >= 0.6 is 22.9 Å². The summed E-state index contributed by atoms with van der Waals surface area (Å²) in [6.07, 6.45) is 1.63. The summed E-state index contributed by atoms with van der Waals surface area (Å²) in [6, 6.07) is 15.1. The molecule has 0 N–H and O–H groups in total. The first kappa shape index (κ1) is 22.4. The summed E-state index contributed by atoms with van der Waals surface area (Å²) in [5.41, 5.74) is 3.58. The van der Waals surface area contributed by atoms with E-state index in [1.165, 1.54) is 40.5 Å². The van der Waals surface area contributed by atoms with Crippen molar-refractivity contribution >= 4 is 54.0 Å². The second-order valence-corrected chi connectivity index (χ2v) is 10.8. The van der Waals surface area contributed by atoms with Gasteiger partial charge in [-0.2, -0.15) is 0 Å². The number of benzene rings is 2. The van der Waals surface area contributed by atoms with Gasteiger partial charge >= 0.3 is 0 Å². The molecule has 0 fully saturated rings. The number of nitrogens with zero attached hydrogens (tertiary/aromatic N) is 3. The average molecular weight is 486 g/mol. The third-order valence-electron chi connectivity index (χ3n) is 5.14. The van der Waals surface area contributed by atoms with E-state index in [2.05, 4.69) is 9.97 Å². The lowest BCUT2D eigenvalue weighted by Gasteiger charge is -2.19. The summed E-state index contributed by atoms with van der Waals surface area (Å²) >= 11 is 7.22. The molecule has 9 heteroatoms. The quantitative estimate of drug-likeness (QED) is 0.385. The predicted molar refractivity (Wildman–Crippen MR) is 128 cm³/mol. The summed E-state index contributed by atoms with van der Waals surface area (Å²) in [4.78, 5) is 23.7. The first-order valence-corrected chi connectivity index (χ1v) is 12.6. The SMILES string of the molecule is Cc1ccc2sc(N(Cc3ccccn3)C(=O)CS(=O)(=O)c3ccc(Cl)cc3)nc2c1C. The smallest absolute Gasteiger partial charge is 0.244 e. The molecular formula is C23H20ClN3O3S2. The molecule has 6 nitrogen and oxygen atoms in total. The minimum atomic E-state index is -3.86. The Morgan fingerprint density at radius 2 is 1.81 bits per heavy atom. The number of aryl methyl sites for hydroxylation is 2. The van der Waals surface area contributed by atoms with Crippen LogP contribution in [0.4, 0.5) is 5.13 Å². The Labute approximate surface area is 195 Å². The van der Waals surface area contributed by atoms with Gasteiger partial charge in [-0.05, 0) is 67.4 Å². The van der Waals surface area contributed by atoms with E-state index in [4.69, 9.17) is 11.6 Å². The van der Waals surface area contributed by atoms with E-state index >= 15 is 0 Å². The molecule has 4 rings (SSSR count). The van der Waals surface area contributed by atoms with Crippen molar-refractivity contribution < 1.29 is 13.2 Å². The highest BCUT2D eigenvalue weighted by Gasteiger charge is 2.27. The Balaban J connectivity index is 1.71. The van der Waals surface area contributed by atoms with Crippen LogP contribution in [-0.2, 0) is 21.2 Å². The Hall–Kier alpha value is -2.81. The lowest BCUT2D eigenvalue weighted by molar-refractivity contribution is -0.116. The number of thiazole rings is 1. The van der Waals surface area contributed by atoms with Crippen LogP contribution < -0.4 is 4.90 Å². The standard InChI is InChI=1S/C23H20ClN3O3S2/c1-15-6-11-20-22(16(15)2)26-23(31-20)27(13-18-5-3-4-12-25-18)21(28)14-32(29,30)19-9-7-17(24)8-10-19/h3-12H,13-14H2,1-2H3. The highest BCUT2D eigenvalue weighted by molar-refractivity contribution is 7.92. The van der Waals surface area contributed by atoms with Crippen LogP contribution in [0.2, 0.25) is 5.02 Å². The summed E-state index contributed by atoms with van der Waals surface area (Å²) in [5.74, 6) is -1.26. The van der Waals surface area contributed by atoms with Crippen molar-refractivity contribution in [3.05, 3.63) is 82.6 Å². The molecule has 0 aliphatic rings. The molecule has 2 aromatic carbocycles. The molecular weight excluding hydrogens is 466 g/mol. The number of anilines is 1. The fourth-order valence-corrected chi connectivity index (χ4v) is 5.58. The largest absolute Gasteiger partial charge is 0.281 e. The number of fused-ring (bicyclic) bond motifs is 1. The summed E-state index contributed by atoms with van der Waals surface area (Å²) < 4.78 is 26.7. The summed E-state index contributed by atoms with van der Waals surface area (Å²) in [6.45, 7) is 4.11. The number of amides is 1. The molecule has 0 aliphatic heterocycles. The van der Waals surface area contributed by atoms with E-state index in [9.17, 15) is 13.2 Å². The van der Waals surface area contributed by atoms with Crippen molar-refractivity contribution in [3.63, 3.8) is 0 Å². The van der Waals surface area contributed by atoms with Crippen molar-refractivity contribution in [2.45, 2.75) is 25.3 Å². The second-order valence-electron chi connectivity index (χ2n) is 7.36. The average Bonchev–Trinajstić information content (AvgIpc) is 3.20. The van der Waals surface area contributed by atoms with E-state index < -0.39 is 21.5 Å². The summed E-state index contributed by atoms with van der Waals surface area (Å²) in [7, 11) is -3.86. The molecule has 0 saturated carbocycles.